The molecule has 172 valence electrons. The Balaban J connectivity index is 1.60. The molecule has 1 saturated heterocycles. The Morgan fingerprint density at radius 1 is 0.971 bits per heavy atom. The molecule has 1 aliphatic heterocycles. The van der Waals surface area contributed by atoms with Crippen molar-refractivity contribution in [2.75, 3.05) is 4.90 Å². The van der Waals surface area contributed by atoms with Crippen LogP contribution in [-0.2, 0) is 16.2 Å². The summed E-state index contributed by atoms with van der Waals surface area (Å²) in [5.41, 5.74) is 1.43. The van der Waals surface area contributed by atoms with Crippen molar-refractivity contribution in [1.29, 1.82) is 0 Å². The highest BCUT2D eigenvalue weighted by Crippen LogP contribution is 2.36. The molecular weight excluding hydrogens is 658 g/mol. The van der Waals surface area contributed by atoms with Crippen LogP contribution in [0.2, 0.25) is 10.0 Å². The first-order valence-corrected chi connectivity index (χ1v) is 12.4. The summed E-state index contributed by atoms with van der Waals surface area (Å²) in [7, 11) is 0. The number of nitrogens with one attached hydrogen (secondary N) is 1. The molecule has 0 aliphatic carbocycles. The van der Waals surface area contributed by atoms with Gasteiger partial charge in [-0.25, -0.2) is 9.69 Å². The number of amides is 4. The van der Waals surface area contributed by atoms with E-state index in [1.165, 1.54) is 18.2 Å². The minimum atomic E-state index is -0.829. The topological polar surface area (TPSA) is 75.7 Å². The quantitative estimate of drug-likeness (QED) is 0.188. The van der Waals surface area contributed by atoms with Gasteiger partial charge >= 0.3 is 6.03 Å². The first-order valence-electron chi connectivity index (χ1n) is 9.76. The number of nitrogens with zero attached hydrogens (tertiary/aromatic N) is 1. The van der Waals surface area contributed by atoms with E-state index in [1.807, 2.05) is 24.3 Å². The molecule has 1 heterocycles. The zero-order valence-electron chi connectivity index (χ0n) is 17.2. The lowest BCUT2D eigenvalue weighted by molar-refractivity contribution is -0.122. The number of rotatable bonds is 5. The molecule has 0 bridgehead atoms. The van der Waals surface area contributed by atoms with Gasteiger partial charge in [0.1, 0.15) is 12.2 Å². The molecule has 0 saturated carbocycles. The summed E-state index contributed by atoms with van der Waals surface area (Å²) in [5.74, 6) is -1.29. The summed E-state index contributed by atoms with van der Waals surface area (Å²) in [5, 5.41) is 2.62. The largest absolute Gasteiger partial charge is 0.486 e. The molecule has 1 fully saturated rings. The van der Waals surface area contributed by atoms with Crippen LogP contribution in [0.15, 0.2) is 70.7 Å². The number of benzene rings is 3. The van der Waals surface area contributed by atoms with E-state index in [0.717, 1.165) is 18.5 Å². The summed E-state index contributed by atoms with van der Waals surface area (Å²) in [6.07, 6.45) is 1.33. The fourth-order valence-electron chi connectivity index (χ4n) is 3.19. The van der Waals surface area contributed by atoms with Crippen LogP contribution in [0.3, 0.4) is 0 Å². The van der Waals surface area contributed by atoms with Crippen LogP contribution >= 0.6 is 61.7 Å². The Kier molecular flexibility index (Phi) is 7.61. The highest BCUT2D eigenvalue weighted by atomic mass is 127. The van der Waals surface area contributed by atoms with Crippen molar-refractivity contribution in [1.82, 2.24) is 5.32 Å². The van der Waals surface area contributed by atoms with Gasteiger partial charge in [0.2, 0.25) is 0 Å². The van der Waals surface area contributed by atoms with Crippen LogP contribution in [0.4, 0.5) is 10.5 Å². The van der Waals surface area contributed by atoms with Gasteiger partial charge in [0.15, 0.2) is 5.75 Å². The van der Waals surface area contributed by atoms with Gasteiger partial charge in [0.05, 0.1) is 15.7 Å². The Labute approximate surface area is 227 Å². The predicted octanol–water partition coefficient (Wildman–Crippen LogP) is 6.61. The van der Waals surface area contributed by atoms with Crippen LogP contribution in [0.25, 0.3) is 6.08 Å². The van der Waals surface area contributed by atoms with Gasteiger partial charge in [-0.1, -0.05) is 51.3 Å². The number of imide groups is 2. The van der Waals surface area contributed by atoms with Crippen LogP contribution in [-0.4, -0.2) is 17.8 Å². The monoisotopic (exact) mass is 670 g/mol. The number of hydrogen-bond acceptors (Lipinski definition) is 4. The number of carbonyl (C=O) groups is 3. The smallest absolute Gasteiger partial charge is 0.335 e. The highest BCUT2D eigenvalue weighted by Gasteiger charge is 2.36. The maximum atomic E-state index is 13.0. The number of barbiturate groups is 1. The Hall–Kier alpha value is -2.40. The van der Waals surface area contributed by atoms with Crippen molar-refractivity contribution >= 4 is 91.3 Å². The molecular formula is C24H14BrCl2IN2O4. The van der Waals surface area contributed by atoms with Gasteiger partial charge in [0, 0.05) is 8.04 Å². The van der Waals surface area contributed by atoms with Crippen LogP contribution in [0, 0.1) is 3.57 Å². The molecule has 4 amide bonds. The normalized spacial score (nSPS) is 15.0. The molecule has 0 radical (unpaired) electrons. The highest BCUT2D eigenvalue weighted by molar-refractivity contribution is 14.1. The third-order valence-electron chi connectivity index (χ3n) is 4.81. The predicted molar refractivity (Wildman–Crippen MR) is 143 cm³/mol. The van der Waals surface area contributed by atoms with E-state index in [-0.39, 0.29) is 28.0 Å². The molecule has 0 atom stereocenters. The number of anilines is 1. The van der Waals surface area contributed by atoms with Crippen molar-refractivity contribution in [3.8, 4) is 5.75 Å². The lowest BCUT2D eigenvalue weighted by atomic mass is 10.1. The van der Waals surface area contributed by atoms with Gasteiger partial charge < -0.3 is 4.74 Å². The van der Waals surface area contributed by atoms with Gasteiger partial charge in [-0.2, -0.15) is 0 Å². The van der Waals surface area contributed by atoms with Gasteiger partial charge in [-0.15, -0.1) is 0 Å². The first-order chi connectivity index (χ1) is 16.2. The van der Waals surface area contributed by atoms with E-state index < -0.39 is 17.8 Å². The Bertz CT molecular complexity index is 1300. The van der Waals surface area contributed by atoms with Crippen molar-refractivity contribution in [3.05, 3.63) is 95.5 Å². The van der Waals surface area contributed by atoms with Crippen molar-refractivity contribution in [2.24, 2.45) is 0 Å². The van der Waals surface area contributed by atoms with Crippen molar-refractivity contribution in [3.63, 3.8) is 0 Å². The van der Waals surface area contributed by atoms with Crippen LogP contribution in [0.1, 0.15) is 11.1 Å². The molecule has 1 N–H and O–H groups in total. The summed E-state index contributed by atoms with van der Waals surface area (Å²) >= 11 is 18.3. The standard InChI is InChI=1S/C24H14BrCl2IN2O4/c25-15-3-7-17(8-4-15)30-23(32)18(22(31)29-24(30)33)9-14-10-19(26)21(20(27)11-14)34-12-13-1-5-16(28)6-2-13/h1-11H,12H2,(H,29,31,33)/b18-9+. The maximum absolute atomic E-state index is 13.0. The van der Waals surface area contributed by atoms with Crippen LogP contribution in [0.5, 0.6) is 5.75 Å². The SMILES string of the molecule is O=C1NC(=O)N(c2ccc(Br)cc2)C(=O)/C1=C/c1cc(Cl)c(OCc2ccc(I)cc2)c(Cl)c1. The van der Waals surface area contributed by atoms with Gasteiger partial charge in [0.25, 0.3) is 11.8 Å². The summed E-state index contributed by atoms with van der Waals surface area (Å²) in [4.78, 5) is 38.7. The lowest BCUT2D eigenvalue weighted by Gasteiger charge is -2.26. The van der Waals surface area contributed by atoms with E-state index in [4.69, 9.17) is 27.9 Å². The number of carbonyl (C=O) groups excluding carboxylic acids is 3. The first kappa shape index (κ1) is 24.7. The van der Waals surface area contributed by atoms with Gasteiger partial charge in [-0.05, 0) is 88.3 Å². The summed E-state index contributed by atoms with van der Waals surface area (Å²) in [6, 6.07) is 16.6. The molecule has 1 aliphatic rings. The second kappa shape index (κ2) is 10.5. The lowest BCUT2D eigenvalue weighted by Crippen LogP contribution is -2.54. The second-order valence-corrected chi connectivity index (χ2v) is 10.1. The number of hydrogen-bond donors (Lipinski definition) is 1. The molecule has 3 aromatic rings. The second-order valence-electron chi connectivity index (χ2n) is 7.16. The molecule has 6 nitrogen and oxygen atoms in total. The van der Waals surface area contributed by atoms with E-state index in [1.54, 1.807) is 24.3 Å². The Morgan fingerprint density at radius 3 is 2.21 bits per heavy atom. The molecule has 4 rings (SSSR count). The van der Waals surface area contributed by atoms with E-state index in [9.17, 15) is 14.4 Å². The van der Waals surface area contributed by atoms with E-state index in [0.29, 0.717) is 11.3 Å². The fraction of sp³-hybridized carbons (Fsp3) is 0.0417. The Morgan fingerprint density at radius 2 is 1.59 bits per heavy atom. The van der Waals surface area contributed by atoms with Gasteiger partial charge in [-0.3, -0.25) is 14.9 Å². The summed E-state index contributed by atoms with van der Waals surface area (Å²) < 4.78 is 7.68. The van der Waals surface area contributed by atoms with E-state index in [2.05, 4.69) is 43.8 Å². The molecule has 34 heavy (non-hydrogen) atoms. The minimum absolute atomic E-state index is 0.217. The van der Waals surface area contributed by atoms with Crippen molar-refractivity contribution < 1.29 is 19.1 Å². The average Bonchev–Trinajstić information content (AvgIpc) is 2.78. The number of halogens is 4. The molecule has 3 aromatic carbocycles. The average molecular weight is 672 g/mol. The molecule has 0 aromatic heterocycles. The molecule has 0 spiro atoms. The van der Waals surface area contributed by atoms with E-state index >= 15 is 0 Å². The zero-order chi connectivity index (χ0) is 24.4. The summed E-state index contributed by atoms with van der Waals surface area (Å²) in [6.45, 7) is 0.266. The minimum Gasteiger partial charge on any atom is -0.486 e. The van der Waals surface area contributed by atoms with Crippen LogP contribution < -0.4 is 15.0 Å². The number of urea groups is 1. The maximum Gasteiger partial charge on any atom is 0.335 e. The fourth-order valence-corrected chi connectivity index (χ4v) is 4.42. The third kappa shape index (κ3) is 5.46. The molecule has 10 heteroatoms. The third-order valence-corrected chi connectivity index (χ3v) is 6.62. The van der Waals surface area contributed by atoms with Crippen molar-refractivity contribution in [2.45, 2.75) is 6.61 Å². The number of ether oxygens (including phenoxy) is 1. The molecule has 0 unspecified atom stereocenters. The zero-order valence-corrected chi connectivity index (χ0v) is 22.4.